The predicted molar refractivity (Wildman–Crippen MR) is 90.0 cm³/mol. The number of carbonyl (C=O) groups excluding carboxylic acids is 2. The van der Waals surface area contributed by atoms with Crippen LogP contribution in [0.25, 0.3) is 0 Å². The third-order valence-corrected chi connectivity index (χ3v) is 3.79. The average Bonchev–Trinajstić information content (AvgIpc) is 2.53. The minimum atomic E-state index is -1.32. The number of allylic oxidation sites excluding steroid dienone is 1. The van der Waals surface area contributed by atoms with Gasteiger partial charge in [-0.3, -0.25) is 9.59 Å². The number of hydrogen-bond acceptors (Lipinski definition) is 4. The zero-order chi connectivity index (χ0) is 17.3. The Hall–Kier alpha value is -2.10. The molecule has 4 nitrogen and oxygen atoms in total. The van der Waals surface area contributed by atoms with Gasteiger partial charge in [0.15, 0.2) is 5.41 Å². The maximum absolute atomic E-state index is 12.5. The Morgan fingerprint density at radius 2 is 1.61 bits per heavy atom. The van der Waals surface area contributed by atoms with Gasteiger partial charge in [0.1, 0.15) is 0 Å². The second-order valence-corrected chi connectivity index (χ2v) is 5.50. The van der Waals surface area contributed by atoms with Gasteiger partial charge < -0.3 is 9.47 Å². The molecule has 0 amide bonds. The standard InChI is InChI=1S/C19H26O4/c1-5-13-19(17(20)22-6-2,18(21)23-7-3)14-12-16-10-8-15(4)9-11-16/h5,8-11H,1,6-7,12-14H2,2-4H3. The van der Waals surface area contributed by atoms with E-state index in [0.29, 0.717) is 12.8 Å². The zero-order valence-corrected chi connectivity index (χ0v) is 14.3. The molecule has 0 saturated heterocycles. The minimum absolute atomic E-state index is 0.205. The lowest BCUT2D eigenvalue weighted by Crippen LogP contribution is -2.42. The second-order valence-electron chi connectivity index (χ2n) is 5.50. The third-order valence-electron chi connectivity index (χ3n) is 3.79. The van der Waals surface area contributed by atoms with Crippen molar-refractivity contribution in [1.29, 1.82) is 0 Å². The van der Waals surface area contributed by atoms with Gasteiger partial charge in [-0.2, -0.15) is 0 Å². The molecule has 1 aromatic rings. The first kappa shape index (κ1) is 18.9. The summed E-state index contributed by atoms with van der Waals surface area (Å²) in [5.41, 5.74) is 0.915. The number of rotatable bonds is 9. The quantitative estimate of drug-likeness (QED) is 0.396. The van der Waals surface area contributed by atoms with E-state index in [1.54, 1.807) is 19.9 Å². The minimum Gasteiger partial charge on any atom is -0.465 e. The molecule has 0 unspecified atom stereocenters. The molecule has 0 aliphatic carbocycles. The van der Waals surface area contributed by atoms with Crippen molar-refractivity contribution in [1.82, 2.24) is 0 Å². The van der Waals surface area contributed by atoms with Crippen molar-refractivity contribution in [3.05, 3.63) is 48.0 Å². The summed E-state index contributed by atoms with van der Waals surface area (Å²) in [7, 11) is 0. The molecule has 0 aliphatic heterocycles. The highest BCUT2D eigenvalue weighted by Crippen LogP contribution is 2.33. The number of aryl methyl sites for hydroxylation is 2. The first-order valence-corrected chi connectivity index (χ1v) is 8.01. The summed E-state index contributed by atoms with van der Waals surface area (Å²) in [6.07, 6.45) is 2.70. The Labute approximate surface area is 138 Å². The molecule has 126 valence electrons. The molecule has 0 radical (unpaired) electrons. The average molecular weight is 318 g/mol. The number of benzene rings is 1. The molecule has 1 rings (SSSR count). The summed E-state index contributed by atoms with van der Waals surface area (Å²) >= 11 is 0. The molecule has 4 heteroatoms. The summed E-state index contributed by atoms with van der Waals surface area (Å²) in [6.45, 7) is 9.59. The van der Waals surface area contributed by atoms with E-state index in [1.807, 2.05) is 31.2 Å². The van der Waals surface area contributed by atoms with E-state index in [0.717, 1.165) is 5.56 Å². The van der Waals surface area contributed by atoms with Gasteiger partial charge in [0.25, 0.3) is 0 Å². The van der Waals surface area contributed by atoms with Crippen LogP contribution in [0.4, 0.5) is 0 Å². The van der Waals surface area contributed by atoms with E-state index in [1.165, 1.54) is 5.56 Å². The van der Waals surface area contributed by atoms with Gasteiger partial charge >= 0.3 is 11.9 Å². The highest BCUT2D eigenvalue weighted by Gasteiger charge is 2.47. The lowest BCUT2D eigenvalue weighted by molar-refractivity contribution is -0.172. The largest absolute Gasteiger partial charge is 0.465 e. The van der Waals surface area contributed by atoms with Gasteiger partial charge in [0, 0.05) is 0 Å². The number of hydrogen-bond donors (Lipinski definition) is 0. The van der Waals surface area contributed by atoms with E-state index in [4.69, 9.17) is 9.47 Å². The number of carbonyl (C=O) groups is 2. The fourth-order valence-corrected chi connectivity index (χ4v) is 2.45. The van der Waals surface area contributed by atoms with Crippen molar-refractivity contribution < 1.29 is 19.1 Å². The zero-order valence-electron chi connectivity index (χ0n) is 14.3. The van der Waals surface area contributed by atoms with Crippen LogP contribution in [0, 0.1) is 12.3 Å². The van der Waals surface area contributed by atoms with Crippen molar-refractivity contribution in [2.75, 3.05) is 13.2 Å². The molecule has 1 aromatic carbocycles. The Morgan fingerprint density at radius 1 is 1.09 bits per heavy atom. The summed E-state index contributed by atoms with van der Waals surface area (Å²) < 4.78 is 10.3. The molecule has 0 spiro atoms. The van der Waals surface area contributed by atoms with Gasteiger partial charge in [0.05, 0.1) is 13.2 Å². The van der Waals surface area contributed by atoms with E-state index in [-0.39, 0.29) is 19.6 Å². The molecule has 0 fully saturated rings. The van der Waals surface area contributed by atoms with Crippen molar-refractivity contribution >= 4 is 11.9 Å². The molecule has 0 atom stereocenters. The van der Waals surface area contributed by atoms with Crippen LogP contribution in [0.3, 0.4) is 0 Å². The van der Waals surface area contributed by atoms with Crippen LogP contribution < -0.4 is 0 Å². The first-order valence-electron chi connectivity index (χ1n) is 8.01. The fraction of sp³-hybridized carbons (Fsp3) is 0.474. The number of esters is 2. The summed E-state index contributed by atoms with van der Waals surface area (Å²) in [5.74, 6) is -1.07. The van der Waals surface area contributed by atoms with E-state index >= 15 is 0 Å². The first-order chi connectivity index (χ1) is 11.0. The van der Waals surface area contributed by atoms with Crippen LogP contribution >= 0.6 is 0 Å². The van der Waals surface area contributed by atoms with Crippen LogP contribution in [0.15, 0.2) is 36.9 Å². The monoisotopic (exact) mass is 318 g/mol. The van der Waals surface area contributed by atoms with Crippen molar-refractivity contribution in [2.24, 2.45) is 5.41 Å². The maximum atomic E-state index is 12.5. The second kappa shape index (κ2) is 9.13. The highest BCUT2D eigenvalue weighted by atomic mass is 16.6. The lowest BCUT2D eigenvalue weighted by Gasteiger charge is -2.28. The van der Waals surface area contributed by atoms with E-state index in [9.17, 15) is 9.59 Å². The molecule has 23 heavy (non-hydrogen) atoms. The smallest absolute Gasteiger partial charge is 0.323 e. The molecule has 0 heterocycles. The molecule has 0 aromatic heterocycles. The van der Waals surface area contributed by atoms with Gasteiger partial charge in [-0.1, -0.05) is 35.9 Å². The van der Waals surface area contributed by atoms with Crippen LogP contribution in [-0.2, 0) is 25.5 Å². The predicted octanol–water partition coefficient (Wildman–Crippen LogP) is 3.62. The maximum Gasteiger partial charge on any atom is 0.323 e. The van der Waals surface area contributed by atoms with Crippen LogP contribution in [-0.4, -0.2) is 25.2 Å². The van der Waals surface area contributed by atoms with Crippen molar-refractivity contribution in [3.8, 4) is 0 Å². The van der Waals surface area contributed by atoms with Crippen LogP contribution in [0.1, 0.15) is 37.8 Å². The number of ether oxygens (including phenoxy) is 2. The molecule has 0 saturated carbocycles. The summed E-state index contributed by atoms with van der Waals surface area (Å²) in [6, 6.07) is 8.03. The van der Waals surface area contributed by atoms with Gasteiger partial charge in [-0.05, 0) is 45.6 Å². The summed E-state index contributed by atoms with van der Waals surface area (Å²) in [4.78, 5) is 25.0. The highest BCUT2D eigenvalue weighted by molar-refractivity contribution is 6.00. The Balaban J connectivity index is 3.04. The molecule has 0 bridgehead atoms. The fourth-order valence-electron chi connectivity index (χ4n) is 2.45. The molecular weight excluding hydrogens is 292 g/mol. The SMILES string of the molecule is C=CCC(CCc1ccc(C)cc1)(C(=O)OCC)C(=O)OCC. The van der Waals surface area contributed by atoms with Gasteiger partial charge in [0.2, 0.25) is 0 Å². The van der Waals surface area contributed by atoms with Crippen molar-refractivity contribution in [2.45, 2.75) is 40.0 Å². The van der Waals surface area contributed by atoms with Crippen LogP contribution in [0.5, 0.6) is 0 Å². The Morgan fingerprint density at radius 3 is 2.04 bits per heavy atom. The van der Waals surface area contributed by atoms with Crippen molar-refractivity contribution in [3.63, 3.8) is 0 Å². The van der Waals surface area contributed by atoms with E-state index < -0.39 is 17.4 Å². The Bertz CT molecular complexity index is 513. The third kappa shape index (κ3) is 4.95. The lowest BCUT2D eigenvalue weighted by atomic mass is 9.79. The topological polar surface area (TPSA) is 52.6 Å². The Kier molecular flexibility index (Phi) is 7.52. The van der Waals surface area contributed by atoms with Gasteiger partial charge in [-0.15, -0.1) is 6.58 Å². The van der Waals surface area contributed by atoms with E-state index in [2.05, 4.69) is 6.58 Å². The molecule has 0 N–H and O–H groups in total. The molecule has 0 aliphatic rings. The van der Waals surface area contributed by atoms with Gasteiger partial charge in [-0.25, -0.2) is 0 Å². The molecular formula is C19H26O4. The summed E-state index contributed by atoms with van der Waals surface area (Å²) in [5, 5.41) is 0. The normalized spacial score (nSPS) is 10.9. The van der Waals surface area contributed by atoms with Crippen LogP contribution in [0.2, 0.25) is 0 Å².